The van der Waals surface area contributed by atoms with Crippen LogP contribution in [0, 0.1) is 5.82 Å². The van der Waals surface area contributed by atoms with E-state index in [1.807, 2.05) is 12.1 Å². The predicted molar refractivity (Wildman–Crippen MR) is 94.7 cm³/mol. The SMILES string of the molecule is C=CNc1cn[nH]c1C(=C)Nc1cncc(-c2cccc(F)c2)c1. The molecule has 3 aromatic rings. The van der Waals surface area contributed by atoms with Crippen molar-refractivity contribution >= 4 is 17.1 Å². The van der Waals surface area contributed by atoms with Crippen LogP contribution in [-0.4, -0.2) is 15.2 Å². The average molecular weight is 321 g/mol. The molecule has 0 radical (unpaired) electrons. The summed E-state index contributed by atoms with van der Waals surface area (Å²) >= 11 is 0. The molecule has 0 aliphatic carbocycles. The zero-order valence-electron chi connectivity index (χ0n) is 12.9. The summed E-state index contributed by atoms with van der Waals surface area (Å²) in [7, 11) is 0. The fourth-order valence-electron chi connectivity index (χ4n) is 2.31. The quantitative estimate of drug-likeness (QED) is 0.635. The molecule has 0 aliphatic rings. The molecule has 0 aliphatic heterocycles. The average Bonchev–Trinajstić information content (AvgIpc) is 3.04. The molecule has 120 valence electrons. The fraction of sp³-hybridized carbons (Fsp3) is 0. The molecule has 0 atom stereocenters. The van der Waals surface area contributed by atoms with Gasteiger partial charge in [0.15, 0.2) is 0 Å². The van der Waals surface area contributed by atoms with Gasteiger partial charge in [-0.3, -0.25) is 10.1 Å². The highest BCUT2D eigenvalue weighted by atomic mass is 19.1. The number of halogens is 1. The number of nitrogens with zero attached hydrogens (tertiary/aromatic N) is 2. The second kappa shape index (κ2) is 6.78. The van der Waals surface area contributed by atoms with Gasteiger partial charge in [-0.15, -0.1) is 0 Å². The number of rotatable bonds is 6. The lowest BCUT2D eigenvalue weighted by atomic mass is 10.1. The first-order valence-electron chi connectivity index (χ1n) is 7.25. The number of H-pyrrole nitrogens is 1. The lowest BCUT2D eigenvalue weighted by molar-refractivity contribution is 0.628. The largest absolute Gasteiger partial charge is 0.359 e. The molecule has 2 aromatic heterocycles. The number of benzene rings is 1. The van der Waals surface area contributed by atoms with Gasteiger partial charge in [0.05, 0.1) is 29.5 Å². The first-order chi connectivity index (χ1) is 11.7. The summed E-state index contributed by atoms with van der Waals surface area (Å²) in [6, 6.07) is 8.26. The van der Waals surface area contributed by atoms with Crippen LogP contribution in [0.3, 0.4) is 0 Å². The molecule has 24 heavy (non-hydrogen) atoms. The molecular weight excluding hydrogens is 305 g/mol. The Hall–Kier alpha value is -3.41. The Morgan fingerprint density at radius 2 is 2.04 bits per heavy atom. The van der Waals surface area contributed by atoms with Gasteiger partial charge in [-0.2, -0.15) is 5.10 Å². The van der Waals surface area contributed by atoms with E-state index in [4.69, 9.17) is 0 Å². The summed E-state index contributed by atoms with van der Waals surface area (Å²) in [6.45, 7) is 7.64. The summed E-state index contributed by atoms with van der Waals surface area (Å²) in [5.74, 6) is -0.284. The highest BCUT2D eigenvalue weighted by Gasteiger charge is 2.09. The molecule has 0 amide bonds. The van der Waals surface area contributed by atoms with Gasteiger partial charge < -0.3 is 10.6 Å². The van der Waals surface area contributed by atoms with Crippen LogP contribution >= 0.6 is 0 Å². The van der Waals surface area contributed by atoms with Crippen molar-refractivity contribution in [2.45, 2.75) is 0 Å². The molecule has 2 heterocycles. The van der Waals surface area contributed by atoms with Gasteiger partial charge in [0.1, 0.15) is 11.5 Å². The smallest absolute Gasteiger partial charge is 0.123 e. The number of aromatic nitrogens is 3. The van der Waals surface area contributed by atoms with E-state index in [0.29, 0.717) is 11.4 Å². The van der Waals surface area contributed by atoms with E-state index >= 15 is 0 Å². The Morgan fingerprint density at radius 1 is 1.17 bits per heavy atom. The summed E-state index contributed by atoms with van der Waals surface area (Å²) < 4.78 is 13.4. The Bertz CT molecular complexity index is 884. The molecule has 0 bridgehead atoms. The van der Waals surface area contributed by atoms with Gasteiger partial charge in [0.25, 0.3) is 0 Å². The van der Waals surface area contributed by atoms with Crippen molar-refractivity contribution in [2.24, 2.45) is 0 Å². The molecule has 5 nitrogen and oxygen atoms in total. The van der Waals surface area contributed by atoms with Crippen LogP contribution in [0.25, 0.3) is 16.8 Å². The van der Waals surface area contributed by atoms with Crippen LogP contribution in [0.5, 0.6) is 0 Å². The lowest BCUT2D eigenvalue weighted by Crippen LogP contribution is -2.01. The van der Waals surface area contributed by atoms with Gasteiger partial charge in [-0.1, -0.05) is 25.3 Å². The molecule has 6 heteroatoms. The number of hydrogen-bond acceptors (Lipinski definition) is 4. The van der Waals surface area contributed by atoms with Crippen molar-refractivity contribution in [1.29, 1.82) is 0 Å². The fourth-order valence-corrected chi connectivity index (χ4v) is 2.31. The third kappa shape index (κ3) is 3.33. The monoisotopic (exact) mass is 321 g/mol. The van der Waals surface area contributed by atoms with Crippen LogP contribution in [0.1, 0.15) is 5.69 Å². The molecule has 0 unspecified atom stereocenters. The Labute approximate surface area is 139 Å². The molecule has 0 fully saturated rings. The normalized spacial score (nSPS) is 10.2. The third-order valence-electron chi connectivity index (χ3n) is 3.39. The second-order valence-corrected chi connectivity index (χ2v) is 5.08. The zero-order valence-corrected chi connectivity index (χ0v) is 12.9. The molecule has 3 N–H and O–H groups in total. The maximum atomic E-state index is 13.4. The molecule has 0 saturated carbocycles. The standard InChI is InChI=1S/C18H16FN5/c1-3-21-17-11-22-24-18(17)12(2)23-16-8-14(9-20-10-16)13-5-4-6-15(19)7-13/h3-11,21,23H,1-2H2,(H,22,24). The van der Waals surface area contributed by atoms with Crippen LogP contribution in [0.4, 0.5) is 15.8 Å². The van der Waals surface area contributed by atoms with Crippen molar-refractivity contribution in [2.75, 3.05) is 10.6 Å². The lowest BCUT2D eigenvalue weighted by Gasteiger charge is -2.11. The van der Waals surface area contributed by atoms with Crippen LogP contribution in [0.15, 0.2) is 68.3 Å². The topological polar surface area (TPSA) is 65.6 Å². The van der Waals surface area contributed by atoms with Gasteiger partial charge in [-0.25, -0.2) is 4.39 Å². The van der Waals surface area contributed by atoms with E-state index in [1.165, 1.54) is 12.1 Å². The molecule has 0 saturated heterocycles. The van der Waals surface area contributed by atoms with Crippen molar-refractivity contribution in [3.05, 3.63) is 79.8 Å². The highest BCUT2D eigenvalue weighted by molar-refractivity contribution is 5.81. The van der Waals surface area contributed by atoms with Crippen molar-refractivity contribution in [3.63, 3.8) is 0 Å². The minimum atomic E-state index is -0.284. The highest BCUT2D eigenvalue weighted by Crippen LogP contribution is 2.25. The van der Waals surface area contributed by atoms with Crippen LogP contribution < -0.4 is 10.6 Å². The molecular formula is C18H16FN5. The number of anilines is 2. The van der Waals surface area contributed by atoms with Crippen molar-refractivity contribution in [1.82, 2.24) is 15.2 Å². The van der Waals surface area contributed by atoms with E-state index in [9.17, 15) is 4.39 Å². The van der Waals surface area contributed by atoms with Gasteiger partial charge in [-0.05, 0) is 30.0 Å². The Kier molecular flexibility index (Phi) is 4.38. The van der Waals surface area contributed by atoms with Crippen LogP contribution in [0.2, 0.25) is 0 Å². The summed E-state index contributed by atoms with van der Waals surface area (Å²) in [4.78, 5) is 4.20. The van der Waals surface area contributed by atoms with Crippen molar-refractivity contribution < 1.29 is 4.39 Å². The third-order valence-corrected chi connectivity index (χ3v) is 3.39. The Balaban J connectivity index is 1.83. The molecule has 0 spiro atoms. The molecule has 3 rings (SSSR count). The predicted octanol–water partition coefficient (Wildman–Crippen LogP) is 4.25. The van der Waals surface area contributed by atoms with Gasteiger partial charge >= 0.3 is 0 Å². The van der Waals surface area contributed by atoms with E-state index < -0.39 is 0 Å². The first-order valence-corrected chi connectivity index (χ1v) is 7.25. The zero-order chi connectivity index (χ0) is 16.9. The number of pyridine rings is 1. The number of nitrogens with one attached hydrogen (secondary N) is 3. The van der Waals surface area contributed by atoms with E-state index in [-0.39, 0.29) is 5.82 Å². The number of aromatic amines is 1. The summed E-state index contributed by atoms with van der Waals surface area (Å²) in [6.07, 6.45) is 6.56. The molecule has 1 aromatic carbocycles. The second-order valence-electron chi connectivity index (χ2n) is 5.08. The van der Waals surface area contributed by atoms with E-state index in [2.05, 4.69) is 39.0 Å². The van der Waals surface area contributed by atoms with Crippen LogP contribution in [-0.2, 0) is 0 Å². The summed E-state index contributed by atoms with van der Waals surface area (Å²) in [5, 5.41) is 13.0. The minimum absolute atomic E-state index is 0.284. The van der Waals surface area contributed by atoms with Crippen molar-refractivity contribution in [3.8, 4) is 11.1 Å². The maximum absolute atomic E-state index is 13.4. The maximum Gasteiger partial charge on any atom is 0.123 e. The van der Waals surface area contributed by atoms with E-state index in [1.54, 1.807) is 30.9 Å². The number of hydrogen-bond donors (Lipinski definition) is 3. The van der Waals surface area contributed by atoms with Gasteiger partial charge in [0, 0.05) is 11.8 Å². The first kappa shape index (κ1) is 15.5. The van der Waals surface area contributed by atoms with Gasteiger partial charge in [0.2, 0.25) is 0 Å². The summed E-state index contributed by atoms with van der Waals surface area (Å²) in [5.41, 5.74) is 4.40. The van der Waals surface area contributed by atoms with E-state index in [0.717, 1.165) is 22.5 Å². The Morgan fingerprint density at radius 3 is 2.83 bits per heavy atom. The minimum Gasteiger partial charge on any atom is -0.359 e.